The summed E-state index contributed by atoms with van der Waals surface area (Å²) >= 11 is 1.26. The van der Waals surface area contributed by atoms with Gasteiger partial charge in [-0.25, -0.2) is 0 Å². The third-order valence-electron chi connectivity index (χ3n) is 4.31. The van der Waals surface area contributed by atoms with E-state index in [4.69, 9.17) is 0 Å². The van der Waals surface area contributed by atoms with E-state index in [1.165, 1.54) is 18.3 Å². The number of carbonyl (C=O) groups excluding carboxylic acids is 2. The van der Waals surface area contributed by atoms with E-state index in [9.17, 15) is 14.9 Å². The number of anilines is 1. The number of benzene rings is 1. The van der Waals surface area contributed by atoms with Crippen LogP contribution in [0.2, 0.25) is 0 Å². The number of rotatable bonds is 3. The van der Waals surface area contributed by atoms with Crippen LogP contribution in [0.1, 0.15) is 38.3 Å². The monoisotopic (exact) mass is 353 g/mol. The van der Waals surface area contributed by atoms with Crippen LogP contribution in [-0.2, 0) is 0 Å². The summed E-state index contributed by atoms with van der Waals surface area (Å²) in [4.78, 5) is 29.4. The third kappa shape index (κ3) is 3.72. The Morgan fingerprint density at radius 1 is 1.04 bits per heavy atom. The van der Waals surface area contributed by atoms with Crippen molar-refractivity contribution in [3.63, 3.8) is 0 Å². The van der Waals surface area contributed by atoms with Crippen LogP contribution in [0, 0.1) is 11.3 Å². The second-order valence-electron chi connectivity index (χ2n) is 5.98. The van der Waals surface area contributed by atoms with Gasteiger partial charge in [0.15, 0.2) is 5.78 Å². The lowest BCUT2D eigenvalue weighted by molar-refractivity contribution is 0.0771. The topological polar surface area (TPSA) is 64.4 Å². The average Bonchev–Trinajstić information content (AvgIpc) is 3.00. The molecule has 0 bridgehead atoms. The number of nitriles is 1. The second-order valence-corrected chi connectivity index (χ2v) is 7.07. The maximum absolute atomic E-state index is 12.7. The molecule has 1 aromatic carbocycles. The minimum atomic E-state index is -0.0204. The smallest absolute Gasteiger partial charge is 0.264 e. The Bertz CT molecular complexity index is 837. The van der Waals surface area contributed by atoms with Crippen LogP contribution in [0.3, 0.4) is 0 Å². The molecular formula is C19H19N3O2S. The molecule has 0 atom stereocenters. The zero-order valence-corrected chi connectivity index (χ0v) is 14.9. The second kappa shape index (κ2) is 7.49. The first kappa shape index (κ1) is 17.2. The summed E-state index contributed by atoms with van der Waals surface area (Å²) < 4.78 is 0. The molecule has 1 aromatic heterocycles. The van der Waals surface area contributed by atoms with Gasteiger partial charge in [-0.3, -0.25) is 9.59 Å². The fourth-order valence-electron chi connectivity index (χ4n) is 3.00. The first-order valence-electron chi connectivity index (χ1n) is 8.24. The molecule has 0 saturated carbocycles. The van der Waals surface area contributed by atoms with Gasteiger partial charge in [-0.05, 0) is 37.6 Å². The molecule has 0 spiro atoms. The van der Waals surface area contributed by atoms with Crippen molar-refractivity contribution in [2.24, 2.45) is 0 Å². The van der Waals surface area contributed by atoms with Crippen molar-refractivity contribution in [3.05, 3.63) is 51.7 Å². The Hall–Kier alpha value is -2.65. The number of thiophene rings is 1. The van der Waals surface area contributed by atoms with Crippen LogP contribution < -0.4 is 4.90 Å². The van der Waals surface area contributed by atoms with Gasteiger partial charge in [-0.1, -0.05) is 12.1 Å². The number of para-hydroxylation sites is 1. The van der Waals surface area contributed by atoms with Gasteiger partial charge in [0.2, 0.25) is 0 Å². The molecule has 25 heavy (non-hydrogen) atoms. The van der Waals surface area contributed by atoms with Gasteiger partial charge in [0.25, 0.3) is 5.91 Å². The quantitative estimate of drug-likeness (QED) is 0.795. The van der Waals surface area contributed by atoms with Crippen molar-refractivity contribution < 1.29 is 9.59 Å². The van der Waals surface area contributed by atoms with Gasteiger partial charge in [-0.15, -0.1) is 11.3 Å². The first-order valence-corrected chi connectivity index (χ1v) is 9.06. The molecule has 0 unspecified atom stereocenters. The molecule has 0 aliphatic carbocycles. The van der Waals surface area contributed by atoms with Crippen LogP contribution >= 0.6 is 11.3 Å². The van der Waals surface area contributed by atoms with Gasteiger partial charge in [0.05, 0.1) is 21.0 Å². The molecule has 0 radical (unpaired) electrons. The number of carbonyl (C=O) groups is 2. The van der Waals surface area contributed by atoms with Crippen LogP contribution in [0.25, 0.3) is 0 Å². The highest BCUT2D eigenvalue weighted by Crippen LogP contribution is 2.23. The zero-order valence-electron chi connectivity index (χ0n) is 14.1. The van der Waals surface area contributed by atoms with E-state index in [2.05, 4.69) is 11.0 Å². The molecule has 1 fully saturated rings. The Morgan fingerprint density at radius 3 is 2.52 bits per heavy atom. The first-order chi connectivity index (χ1) is 12.1. The largest absolute Gasteiger partial charge is 0.369 e. The van der Waals surface area contributed by atoms with Crippen molar-refractivity contribution in [2.75, 3.05) is 31.1 Å². The molecule has 0 N–H and O–H groups in total. The van der Waals surface area contributed by atoms with E-state index in [1.54, 1.807) is 12.1 Å². The highest BCUT2D eigenvalue weighted by Gasteiger charge is 2.23. The van der Waals surface area contributed by atoms with Gasteiger partial charge < -0.3 is 9.80 Å². The Kier molecular flexibility index (Phi) is 5.15. The predicted molar refractivity (Wildman–Crippen MR) is 98.2 cm³/mol. The normalized spacial score (nSPS) is 14.7. The summed E-state index contributed by atoms with van der Waals surface area (Å²) in [5.74, 6) is -0.0351. The number of ketones is 1. The Balaban J connectivity index is 1.72. The van der Waals surface area contributed by atoms with E-state index >= 15 is 0 Å². The van der Waals surface area contributed by atoms with Crippen LogP contribution in [0.15, 0.2) is 36.4 Å². The molecule has 3 rings (SSSR count). The maximum Gasteiger partial charge on any atom is 0.264 e. The van der Waals surface area contributed by atoms with Crippen LogP contribution in [-0.4, -0.2) is 42.8 Å². The fourth-order valence-corrected chi connectivity index (χ4v) is 3.87. The SMILES string of the molecule is CC(=O)c1ccc(C(=O)N2CCCN(c3ccccc3C#N)CC2)s1. The van der Waals surface area contributed by atoms with Gasteiger partial charge >= 0.3 is 0 Å². The van der Waals surface area contributed by atoms with E-state index in [0.717, 1.165) is 18.7 Å². The third-order valence-corrected chi connectivity index (χ3v) is 5.49. The van der Waals surface area contributed by atoms with Crippen LogP contribution in [0.5, 0.6) is 0 Å². The van der Waals surface area contributed by atoms with Crippen molar-refractivity contribution in [3.8, 4) is 6.07 Å². The summed E-state index contributed by atoms with van der Waals surface area (Å²) in [6, 6.07) is 13.2. The number of hydrogen-bond donors (Lipinski definition) is 0. The molecule has 1 saturated heterocycles. The highest BCUT2D eigenvalue weighted by molar-refractivity contribution is 7.15. The predicted octanol–water partition coefficient (Wildman–Crippen LogP) is 3.17. The van der Waals surface area contributed by atoms with Gasteiger partial charge in [0.1, 0.15) is 6.07 Å². The van der Waals surface area contributed by atoms with Crippen molar-refractivity contribution >= 4 is 28.7 Å². The number of amides is 1. The molecule has 2 heterocycles. The number of hydrogen-bond acceptors (Lipinski definition) is 5. The summed E-state index contributed by atoms with van der Waals surface area (Å²) in [6.07, 6.45) is 0.844. The average molecular weight is 353 g/mol. The summed E-state index contributed by atoms with van der Waals surface area (Å²) in [5, 5.41) is 9.29. The van der Waals surface area contributed by atoms with E-state index in [-0.39, 0.29) is 11.7 Å². The standard InChI is InChI=1S/C19H19N3O2S/c1-14(23)17-7-8-18(25-17)19(24)22-10-4-9-21(11-12-22)16-6-3-2-5-15(16)13-20/h2-3,5-8H,4,9-12H2,1H3. The van der Waals surface area contributed by atoms with Crippen molar-refractivity contribution in [2.45, 2.75) is 13.3 Å². The Labute approximate surface area is 151 Å². The molecular weight excluding hydrogens is 334 g/mol. The number of Topliss-reactive ketones (excluding diaryl/α,β-unsaturated/α-hetero) is 1. The lowest BCUT2D eigenvalue weighted by Crippen LogP contribution is -2.35. The summed E-state index contributed by atoms with van der Waals surface area (Å²) in [7, 11) is 0. The van der Waals surface area contributed by atoms with Crippen molar-refractivity contribution in [1.82, 2.24) is 4.90 Å². The molecule has 1 amide bonds. The van der Waals surface area contributed by atoms with E-state index in [1.807, 2.05) is 29.2 Å². The lowest BCUT2D eigenvalue weighted by Gasteiger charge is -2.24. The van der Waals surface area contributed by atoms with E-state index < -0.39 is 0 Å². The van der Waals surface area contributed by atoms with Gasteiger partial charge in [-0.2, -0.15) is 5.26 Å². The minimum Gasteiger partial charge on any atom is -0.369 e. The lowest BCUT2D eigenvalue weighted by atomic mass is 10.1. The zero-order chi connectivity index (χ0) is 17.8. The van der Waals surface area contributed by atoms with Crippen LogP contribution in [0.4, 0.5) is 5.69 Å². The van der Waals surface area contributed by atoms with Crippen molar-refractivity contribution in [1.29, 1.82) is 5.26 Å². The Morgan fingerprint density at radius 2 is 1.80 bits per heavy atom. The number of nitrogens with zero attached hydrogens (tertiary/aromatic N) is 3. The molecule has 2 aromatic rings. The van der Waals surface area contributed by atoms with Gasteiger partial charge in [0, 0.05) is 26.2 Å². The summed E-state index contributed by atoms with van der Waals surface area (Å²) in [6.45, 7) is 4.29. The molecule has 1 aliphatic heterocycles. The summed E-state index contributed by atoms with van der Waals surface area (Å²) in [5.41, 5.74) is 1.58. The van der Waals surface area contributed by atoms with E-state index in [0.29, 0.717) is 35.0 Å². The fraction of sp³-hybridized carbons (Fsp3) is 0.316. The molecule has 5 nitrogen and oxygen atoms in total. The molecule has 128 valence electrons. The highest BCUT2D eigenvalue weighted by atomic mass is 32.1. The maximum atomic E-state index is 12.7. The molecule has 6 heteroatoms. The molecule has 1 aliphatic rings. The minimum absolute atomic E-state index is 0.0146.